The number of anilines is 2. The van der Waals surface area contributed by atoms with Crippen molar-refractivity contribution in [2.24, 2.45) is 0 Å². The Hall–Kier alpha value is -2.35. The zero-order chi connectivity index (χ0) is 16.7. The van der Waals surface area contributed by atoms with Gasteiger partial charge in [-0.3, -0.25) is 4.79 Å². The van der Waals surface area contributed by atoms with Crippen LogP contribution in [0.3, 0.4) is 0 Å². The zero-order valence-corrected chi connectivity index (χ0v) is 13.8. The van der Waals surface area contributed by atoms with Gasteiger partial charge in [0.1, 0.15) is 12.1 Å². The van der Waals surface area contributed by atoms with Crippen LogP contribution < -0.4 is 15.8 Å². The average Bonchev–Trinajstić information content (AvgIpc) is 2.54. The fraction of sp³-hybridized carbons (Fsp3) is 0.333. The molecule has 1 aromatic heterocycles. The van der Waals surface area contributed by atoms with Crippen molar-refractivity contribution >= 4 is 29.3 Å². The van der Waals surface area contributed by atoms with Gasteiger partial charge in [-0.25, -0.2) is 9.97 Å². The van der Waals surface area contributed by atoms with Crippen molar-refractivity contribution in [3.8, 4) is 5.75 Å². The molecule has 0 saturated heterocycles. The number of carbonyl (C=O) groups excluding carboxylic acids is 1. The molecule has 23 heavy (non-hydrogen) atoms. The van der Waals surface area contributed by atoms with Gasteiger partial charge in [0, 0.05) is 0 Å². The number of hydrogen-bond acceptors (Lipinski definition) is 7. The largest absolute Gasteiger partial charge is 0.492 e. The number of thioether (sulfide) groups is 1. The lowest BCUT2D eigenvalue weighted by Crippen LogP contribution is -2.25. The van der Waals surface area contributed by atoms with Crippen molar-refractivity contribution in [2.45, 2.75) is 30.7 Å². The van der Waals surface area contributed by atoms with E-state index in [0.29, 0.717) is 29.6 Å². The number of ether oxygens (including phenoxy) is 1. The number of rotatable bonds is 7. The van der Waals surface area contributed by atoms with E-state index in [0.717, 1.165) is 0 Å². The second kappa shape index (κ2) is 8.33. The molecule has 1 atom stereocenters. The van der Waals surface area contributed by atoms with Crippen molar-refractivity contribution in [2.75, 3.05) is 17.7 Å². The van der Waals surface area contributed by atoms with Gasteiger partial charge in [-0.1, -0.05) is 30.8 Å². The Balaban J connectivity index is 2.08. The van der Waals surface area contributed by atoms with Crippen molar-refractivity contribution in [3.05, 3.63) is 30.6 Å². The lowest BCUT2D eigenvalue weighted by atomic mass is 10.2. The van der Waals surface area contributed by atoms with Gasteiger partial charge in [-0.2, -0.15) is 4.98 Å². The Kier molecular flexibility index (Phi) is 6.16. The fourth-order valence-corrected chi connectivity index (χ4v) is 2.71. The quantitative estimate of drug-likeness (QED) is 0.750. The van der Waals surface area contributed by atoms with Crippen LogP contribution in [0.2, 0.25) is 0 Å². The van der Waals surface area contributed by atoms with Crippen molar-refractivity contribution in [3.63, 3.8) is 0 Å². The van der Waals surface area contributed by atoms with Gasteiger partial charge in [0.25, 0.3) is 0 Å². The van der Waals surface area contributed by atoms with E-state index in [1.165, 1.54) is 18.1 Å². The summed E-state index contributed by atoms with van der Waals surface area (Å²) in [5, 5.41) is 2.98. The average molecular weight is 333 g/mol. The topological polar surface area (TPSA) is 103 Å². The maximum Gasteiger partial charge on any atom is 0.238 e. The molecule has 0 radical (unpaired) electrons. The molecule has 0 spiro atoms. The first kappa shape index (κ1) is 17.0. The molecule has 2 aromatic rings. The number of nitrogen functional groups attached to an aromatic ring is 1. The molecule has 3 N–H and O–H groups in total. The maximum atomic E-state index is 12.5. The second-order valence-corrected chi connectivity index (χ2v) is 5.73. The molecule has 1 unspecified atom stereocenters. The fourth-order valence-electron chi connectivity index (χ4n) is 1.86. The second-order valence-electron chi connectivity index (χ2n) is 4.56. The van der Waals surface area contributed by atoms with Crippen LogP contribution in [0, 0.1) is 0 Å². The number of para-hydroxylation sites is 2. The Morgan fingerprint density at radius 2 is 2.13 bits per heavy atom. The van der Waals surface area contributed by atoms with E-state index in [-0.39, 0.29) is 17.1 Å². The minimum absolute atomic E-state index is 0.136. The highest BCUT2D eigenvalue weighted by molar-refractivity contribution is 8.00. The Morgan fingerprint density at radius 3 is 2.83 bits per heavy atom. The monoisotopic (exact) mass is 333 g/mol. The summed E-state index contributed by atoms with van der Waals surface area (Å²) in [7, 11) is 0. The van der Waals surface area contributed by atoms with E-state index in [2.05, 4.69) is 20.3 Å². The lowest BCUT2D eigenvalue weighted by molar-refractivity contribution is -0.115. The van der Waals surface area contributed by atoms with Crippen molar-refractivity contribution in [1.82, 2.24) is 15.0 Å². The zero-order valence-electron chi connectivity index (χ0n) is 13.0. The Labute approximate surface area is 139 Å². The van der Waals surface area contributed by atoms with E-state index in [1.807, 2.05) is 32.0 Å². The predicted molar refractivity (Wildman–Crippen MR) is 90.4 cm³/mol. The normalized spacial score (nSPS) is 11.7. The molecule has 8 heteroatoms. The number of nitrogens with two attached hydrogens (primary N) is 1. The maximum absolute atomic E-state index is 12.5. The van der Waals surface area contributed by atoms with Gasteiger partial charge in [-0.05, 0) is 25.5 Å². The summed E-state index contributed by atoms with van der Waals surface area (Å²) in [5.41, 5.74) is 6.18. The van der Waals surface area contributed by atoms with Crippen LogP contribution in [0.15, 0.2) is 35.7 Å². The third kappa shape index (κ3) is 4.82. The number of nitrogens with zero attached hydrogens (tertiary/aromatic N) is 3. The highest BCUT2D eigenvalue weighted by atomic mass is 32.2. The van der Waals surface area contributed by atoms with E-state index in [1.54, 1.807) is 6.07 Å². The molecule has 2 rings (SSSR count). The van der Waals surface area contributed by atoms with E-state index >= 15 is 0 Å². The van der Waals surface area contributed by atoms with Crippen LogP contribution in [0.1, 0.15) is 20.3 Å². The summed E-state index contributed by atoms with van der Waals surface area (Å²) in [5.74, 6) is 0.649. The van der Waals surface area contributed by atoms with E-state index in [4.69, 9.17) is 10.5 Å². The summed E-state index contributed by atoms with van der Waals surface area (Å²) >= 11 is 1.25. The minimum Gasteiger partial charge on any atom is -0.492 e. The van der Waals surface area contributed by atoms with Gasteiger partial charge in [0.15, 0.2) is 5.16 Å². The number of nitrogens with one attached hydrogen (secondary N) is 1. The molecule has 1 aromatic carbocycles. The first-order valence-corrected chi connectivity index (χ1v) is 8.15. The first-order chi connectivity index (χ1) is 11.1. The SMILES string of the molecule is CCOc1ccccc1NC(=O)C(CC)Sc1ncnc(N)n1. The van der Waals surface area contributed by atoms with E-state index < -0.39 is 0 Å². The van der Waals surface area contributed by atoms with Gasteiger partial charge >= 0.3 is 0 Å². The van der Waals surface area contributed by atoms with Gasteiger partial charge in [-0.15, -0.1) is 0 Å². The first-order valence-electron chi connectivity index (χ1n) is 7.27. The Morgan fingerprint density at radius 1 is 1.35 bits per heavy atom. The minimum atomic E-state index is -0.341. The third-order valence-electron chi connectivity index (χ3n) is 2.92. The number of hydrogen-bond donors (Lipinski definition) is 2. The van der Waals surface area contributed by atoms with Crippen LogP contribution >= 0.6 is 11.8 Å². The molecule has 0 aliphatic carbocycles. The van der Waals surface area contributed by atoms with Gasteiger partial charge in [0.05, 0.1) is 17.5 Å². The molecule has 0 bridgehead atoms. The predicted octanol–water partition coefficient (Wildman–Crippen LogP) is 2.36. The molecule has 1 heterocycles. The molecule has 0 fully saturated rings. The lowest BCUT2D eigenvalue weighted by Gasteiger charge is -2.16. The molecular formula is C15H19N5O2S. The highest BCUT2D eigenvalue weighted by Gasteiger charge is 2.20. The molecule has 0 aliphatic heterocycles. The summed E-state index contributed by atoms with van der Waals surface area (Å²) in [4.78, 5) is 24.3. The van der Waals surface area contributed by atoms with Crippen LogP contribution in [0.25, 0.3) is 0 Å². The standard InChI is InChI=1S/C15H19N5O2S/c1-3-12(23-15-18-9-17-14(16)20-15)13(21)19-10-7-5-6-8-11(10)22-4-2/h5-9,12H,3-4H2,1-2H3,(H,19,21)(H2,16,17,18,20). The molecule has 7 nitrogen and oxygen atoms in total. The van der Waals surface area contributed by atoms with E-state index in [9.17, 15) is 4.79 Å². The summed E-state index contributed by atoms with van der Waals surface area (Å²) in [6, 6.07) is 7.33. The summed E-state index contributed by atoms with van der Waals surface area (Å²) < 4.78 is 5.51. The van der Waals surface area contributed by atoms with Crippen LogP contribution in [-0.4, -0.2) is 32.7 Å². The van der Waals surface area contributed by atoms with Crippen molar-refractivity contribution < 1.29 is 9.53 Å². The Bertz CT molecular complexity index is 668. The number of carbonyl (C=O) groups is 1. The molecule has 122 valence electrons. The van der Waals surface area contributed by atoms with Crippen LogP contribution in [-0.2, 0) is 4.79 Å². The molecule has 1 amide bonds. The highest BCUT2D eigenvalue weighted by Crippen LogP contribution is 2.27. The molecule has 0 aliphatic rings. The molecule has 0 saturated carbocycles. The number of aromatic nitrogens is 3. The number of amides is 1. The number of benzene rings is 1. The van der Waals surface area contributed by atoms with Crippen LogP contribution in [0.4, 0.5) is 11.6 Å². The third-order valence-corrected chi connectivity index (χ3v) is 4.16. The van der Waals surface area contributed by atoms with Gasteiger partial charge in [0.2, 0.25) is 11.9 Å². The summed E-state index contributed by atoms with van der Waals surface area (Å²) in [6.45, 7) is 4.35. The van der Waals surface area contributed by atoms with Crippen LogP contribution in [0.5, 0.6) is 5.75 Å². The smallest absolute Gasteiger partial charge is 0.238 e. The summed E-state index contributed by atoms with van der Waals surface area (Å²) in [6.07, 6.45) is 1.96. The van der Waals surface area contributed by atoms with Crippen molar-refractivity contribution in [1.29, 1.82) is 0 Å². The molecular weight excluding hydrogens is 314 g/mol. The van der Waals surface area contributed by atoms with Gasteiger partial charge < -0.3 is 15.8 Å².